The second-order valence-electron chi connectivity index (χ2n) is 5.29. The number of fused-ring (bicyclic) bond motifs is 1. The second-order valence-corrected chi connectivity index (χ2v) is 8.19. The van der Waals surface area contributed by atoms with Gasteiger partial charge in [0.1, 0.15) is 17.7 Å². The van der Waals surface area contributed by atoms with E-state index in [4.69, 9.17) is 4.74 Å². The fourth-order valence-corrected chi connectivity index (χ4v) is 3.93. The van der Waals surface area contributed by atoms with Crippen molar-refractivity contribution in [1.82, 2.24) is 4.98 Å². The highest BCUT2D eigenvalue weighted by molar-refractivity contribution is 9.10. The van der Waals surface area contributed by atoms with Gasteiger partial charge < -0.3 is 4.74 Å². The topological polar surface area (TPSA) is 56.3 Å². The van der Waals surface area contributed by atoms with Crippen molar-refractivity contribution >= 4 is 25.8 Å². The van der Waals surface area contributed by atoms with Crippen molar-refractivity contribution in [2.45, 2.75) is 23.7 Å². The molecule has 0 saturated heterocycles. The zero-order valence-electron chi connectivity index (χ0n) is 12.0. The molecule has 0 fully saturated rings. The van der Waals surface area contributed by atoms with E-state index in [-0.39, 0.29) is 28.2 Å². The van der Waals surface area contributed by atoms with Gasteiger partial charge in [0.15, 0.2) is 16.0 Å². The lowest BCUT2D eigenvalue weighted by atomic mass is 10.1. The summed E-state index contributed by atoms with van der Waals surface area (Å²) in [6.07, 6.45) is 0.0151. The number of halogens is 3. The minimum Gasteiger partial charge on any atom is -0.455 e. The van der Waals surface area contributed by atoms with Gasteiger partial charge in [0.05, 0.1) is 11.1 Å². The van der Waals surface area contributed by atoms with E-state index >= 15 is 0 Å². The number of nitrogens with zero attached hydrogens (tertiary/aromatic N) is 1. The summed E-state index contributed by atoms with van der Waals surface area (Å²) >= 11 is 3.24. The quantitative estimate of drug-likeness (QED) is 0.778. The van der Waals surface area contributed by atoms with Crippen LogP contribution in [-0.4, -0.2) is 25.8 Å². The van der Waals surface area contributed by atoms with E-state index < -0.39 is 22.2 Å². The maximum absolute atomic E-state index is 14.2. The first-order valence-electron chi connectivity index (χ1n) is 6.69. The van der Waals surface area contributed by atoms with E-state index in [1.807, 2.05) is 0 Å². The summed E-state index contributed by atoms with van der Waals surface area (Å²) in [7, 11) is -3.58. The van der Waals surface area contributed by atoms with Crippen molar-refractivity contribution in [3.05, 3.63) is 46.2 Å². The van der Waals surface area contributed by atoms with Gasteiger partial charge in [-0.05, 0) is 39.7 Å². The molecule has 8 heteroatoms. The summed E-state index contributed by atoms with van der Waals surface area (Å²) in [6, 6.07) is 4.29. The lowest BCUT2D eigenvalue weighted by molar-refractivity contribution is 0.185. The molecule has 1 aliphatic carbocycles. The number of pyridine rings is 1. The summed E-state index contributed by atoms with van der Waals surface area (Å²) in [6.45, 7) is 0. The fraction of sp³-hybridized carbons (Fsp3) is 0.267. The van der Waals surface area contributed by atoms with Crippen molar-refractivity contribution < 1.29 is 21.9 Å². The molecule has 1 heterocycles. The molecular formula is C15H12BrF2NO3S. The van der Waals surface area contributed by atoms with Gasteiger partial charge in [-0.25, -0.2) is 17.2 Å². The van der Waals surface area contributed by atoms with Crippen LogP contribution in [0.25, 0.3) is 0 Å². The smallest absolute Gasteiger partial charge is 0.175 e. The van der Waals surface area contributed by atoms with Crippen LogP contribution < -0.4 is 4.74 Å². The van der Waals surface area contributed by atoms with E-state index in [1.165, 1.54) is 18.3 Å². The number of hydrogen-bond acceptors (Lipinski definition) is 4. The number of ether oxygens (including phenoxy) is 1. The summed E-state index contributed by atoms with van der Waals surface area (Å²) in [4.78, 5) is 3.87. The number of sulfone groups is 1. The Kier molecular flexibility index (Phi) is 4.14. The summed E-state index contributed by atoms with van der Waals surface area (Å²) in [5.74, 6) is 0.433. The van der Waals surface area contributed by atoms with Crippen LogP contribution in [0.15, 0.2) is 40.0 Å². The maximum Gasteiger partial charge on any atom is 0.175 e. The molecule has 3 rings (SSSR count). The van der Waals surface area contributed by atoms with Gasteiger partial charge in [0.25, 0.3) is 0 Å². The Labute approximate surface area is 140 Å². The van der Waals surface area contributed by atoms with Crippen LogP contribution in [0, 0.1) is 0 Å². The van der Waals surface area contributed by atoms with Gasteiger partial charge in [0.2, 0.25) is 0 Å². The molecule has 1 aromatic heterocycles. The van der Waals surface area contributed by atoms with Crippen LogP contribution in [0.5, 0.6) is 11.5 Å². The Morgan fingerprint density at radius 3 is 2.70 bits per heavy atom. The molecule has 0 amide bonds. The van der Waals surface area contributed by atoms with E-state index in [1.54, 1.807) is 12.3 Å². The summed E-state index contributed by atoms with van der Waals surface area (Å²) in [5.41, 5.74) is 0.105. The van der Waals surface area contributed by atoms with Crippen LogP contribution in [-0.2, 0) is 16.3 Å². The SMILES string of the molecule is CS(=O)(=O)c1ccc(Oc2cncc(Br)c2)c2c1CC(F)C2F. The number of benzene rings is 1. The predicted molar refractivity (Wildman–Crippen MR) is 84.0 cm³/mol. The number of aromatic nitrogens is 1. The molecule has 0 spiro atoms. The highest BCUT2D eigenvalue weighted by atomic mass is 79.9. The number of hydrogen-bond donors (Lipinski definition) is 0. The van der Waals surface area contributed by atoms with Crippen molar-refractivity contribution in [2.75, 3.05) is 6.26 Å². The van der Waals surface area contributed by atoms with Gasteiger partial charge in [0, 0.05) is 28.9 Å². The van der Waals surface area contributed by atoms with Gasteiger partial charge in [-0.2, -0.15) is 0 Å². The second kappa shape index (κ2) is 5.83. The molecule has 0 N–H and O–H groups in total. The average molecular weight is 404 g/mol. The lowest BCUT2D eigenvalue weighted by Gasteiger charge is -2.14. The maximum atomic E-state index is 14.2. The third kappa shape index (κ3) is 3.10. The van der Waals surface area contributed by atoms with Gasteiger partial charge in [-0.3, -0.25) is 4.98 Å². The Morgan fingerprint density at radius 1 is 1.30 bits per heavy atom. The van der Waals surface area contributed by atoms with Gasteiger partial charge >= 0.3 is 0 Å². The van der Waals surface area contributed by atoms with E-state index in [0.29, 0.717) is 10.2 Å². The molecule has 0 radical (unpaired) electrons. The minimum atomic E-state index is -3.58. The molecule has 2 unspecified atom stereocenters. The molecule has 122 valence electrons. The lowest BCUT2D eigenvalue weighted by Crippen LogP contribution is -2.03. The van der Waals surface area contributed by atoms with Crippen LogP contribution >= 0.6 is 15.9 Å². The summed E-state index contributed by atoms with van der Waals surface area (Å²) in [5, 5.41) is 0. The Hall–Kier alpha value is -1.54. The van der Waals surface area contributed by atoms with E-state index in [2.05, 4.69) is 20.9 Å². The number of alkyl halides is 2. The van der Waals surface area contributed by atoms with E-state index in [0.717, 1.165) is 6.26 Å². The molecule has 23 heavy (non-hydrogen) atoms. The zero-order chi connectivity index (χ0) is 16.8. The number of rotatable bonds is 3. The molecule has 0 saturated carbocycles. The minimum absolute atomic E-state index is 0.0413. The van der Waals surface area contributed by atoms with Crippen LogP contribution in [0.2, 0.25) is 0 Å². The van der Waals surface area contributed by atoms with Crippen molar-refractivity contribution in [2.24, 2.45) is 0 Å². The molecule has 2 atom stereocenters. The first-order valence-corrected chi connectivity index (χ1v) is 9.38. The van der Waals surface area contributed by atoms with Crippen LogP contribution in [0.4, 0.5) is 8.78 Å². The zero-order valence-corrected chi connectivity index (χ0v) is 14.4. The largest absolute Gasteiger partial charge is 0.455 e. The third-order valence-electron chi connectivity index (χ3n) is 3.57. The molecule has 0 aliphatic heterocycles. The molecule has 1 aliphatic rings. The van der Waals surface area contributed by atoms with Crippen LogP contribution in [0.3, 0.4) is 0 Å². The first-order chi connectivity index (χ1) is 10.8. The average Bonchev–Trinajstić information content (AvgIpc) is 2.74. The Morgan fingerprint density at radius 2 is 2.04 bits per heavy atom. The molecule has 0 bridgehead atoms. The summed E-state index contributed by atoms with van der Waals surface area (Å²) < 4.78 is 58.0. The van der Waals surface area contributed by atoms with Gasteiger partial charge in [-0.15, -0.1) is 0 Å². The molecular weight excluding hydrogens is 392 g/mol. The van der Waals surface area contributed by atoms with Crippen molar-refractivity contribution in [3.8, 4) is 11.5 Å². The fourth-order valence-electron chi connectivity index (χ4n) is 2.63. The Balaban J connectivity index is 2.11. The highest BCUT2D eigenvalue weighted by Crippen LogP contribution is 2.45. The molecule has 1 aromatic carbocycles. The van der Waals surface area contributed by atoms with Crippen molar-refractivity contribution in [3.63, 3.8) is 0 Å². The van der Waals surface area contributed by atoms with Gasteiger partial charge in [-0.1, -0.05) is 0 Å². The van der Waals surface area contributed by atoms with Crippen LogP contribution in [0.1, 0.15) is 17.3 Å². The normalized spacial score (nSPS) is 20.3. The first kappa shape index (κ1) is 16.3. The standard InChI is InChI=1S/C15H12BrF2NO3S/c1-23(20,21)13-3-2-12(14-10(13)5-11(17)15(14)18)22-9-4-8(16)6-19-7-9/h2-4,6-7,11,15H,5H2,1H3. The Bertz CT molecular complexity index is 873. The monoisotopic (exact) mass is 403 g/mol. The molecule has 4 nitrogen and oxygen atoms in total. The van der Waals surface area contributed by atoms with E-state index in [9.17, 15) is 17.2 Å². The molecule has 2 aromatic rings. The predicted octanol–water partition coefficient (Wildman–Crippen LogP) is 3.94. The highest BCUT2D eigenvalue weighted by Gasteiger charge is 2.39. The van der Waals surface area contributed by atoms with Crippen molar-refractivity contribution in [1.29, 1.82) is 0 Å². The third-order valence-corrected chi connectivity index (χ3v) is 5.19.